The Morgan fingerprint density at radius 1 is 0.971 bits per heavy atom. The summed E-state index contributed by atoms with van der Waals surface area (Å²) in [6.07, 6.45) is 4.15. The van der Waals surface area contributed by atoms with Gasteiger partial charge in [-0.2, -0.15) is 0 Å². The normalized spacial score (nSPS) is 11.1. The zero-order valence-corrected chi connectivity index (χ0v) is 18.8. The van der Waals surface area contributed by atoms with Crippen molar-refractivity contribution in [3.8, 4) is 5.75 Å². The Hall–Kier alpha value is -4.16. The van der Waals surface area contributed by atoms with Crippen molar-refractivity contribution in [1.29, 1.82) is 0 Å². The minimum atomic E-state index is -0.642. The van der Waals surface area contributed by atoms with Crippen LogP contribution in [-0.4, -0.2) is 28.3 Å². The number of carbonyl (C=O) groups excluding carboxylic acids is 2. The van der Waals surface area contributed by atoms with Crippen LogP contribution in [0.1, 0.15) is 32.0 Å². The standard InChI is InChI=1S/C27H20ClN3O3/c28-19-6-5-17-13-26(22(27(29)33)12-18(17)11-19)34-15-25(32)23-14-31-24-10-16(4-7-21(23)24)9-20-3-1-2-8-30-20/h1-8,10-14,31H,9,15H2,(H2,29,33). The van der Waals surface area contributed by atoms with Crippen LogP contribution in [0, 0.1) is 0 Å². The number of fused-ring (bicyclic) bond motifs is 2. The third-order valence-electron chi connectivity index (χ3n) is 5.68. The number of ether oxygens (including phenoxy) is 1. The van der Waals surface area contributed by atoms with E-state index in [0.717, 1.165) is 32.9 Å². The van der Waals surface area contributed by atoms with Gasteiger partial charge in [-0.3, -0.25) is 14.6 Å². The smallest absolute Gasteiger partial charge is 0.252 e. The van der Waals surface area contributed by atoms with Gasteiger partial charge in [0, 0.05) is 46.0 Å². The second kappa shape index (κ2) is 9.00. The molecule has 34 heavy (non-hydrogen) atoms. The van der Waals surface area contributed by atoms with Crippen molar-refractivity contribution in [3.63, 3.8) is 0 Å². The molecule has 2 heterocycles. The molecule has 0 saturated heterocycles. The maximum absolute atomic E-state index is 13.0. The summed E-state index contributed by atoms with van der Waals surface area (Å²) in [5, 5.41) is 2.94. The number of nitrogens with one attached hydrogen (secondary N) is 1. The first kappa shape index (κ1) is 21.7. The molecule has 0 atom stereocenters. The molecule has 0 radical (unpaired) electrons. The molecule has 6 nitrogen and oxygen atoms in total. The van der Waals surface area contributed by atoms with Crippen molar-refractivity contribution in [2.75, 3.05) is 6.61 Å². The van der Waals surface area contributed by atoms with Gasteiger partial charge in [0.1, 0.15) is 5.75 Å². The van der Waals surface area contributed by atoms with E-state index in [1.165, 1.54) is 0 Å². The molecule has 0 aliphatic rings. The van der Waals surface area contributed by atoms with Gasteiger partial charge in [-0.25, -0.2) is 0 Å². The minimum absolute atomic E-state index is 0.195. The number of primary amides is 1. The van der Waals surface area contributed by atoms with Crippen LogP contribution in [0.3, 0.4) is 0 Å². The molecule has 0 spiro atoms. The van der Waals surface area contributed by atoms with E-state index >= 15 is 0 Å². The zero-order valence-electron chi connectivity index (χ0n) is 18.0. The summed E-state index contributed by atoms with van der Waals surface area (Å²) >= 11 is 6.05. The Labute approximate surface area is 200 Å². The lowest BCUT2D eigenvalue weighted by Crippen LogP contribution is -2.16. The molecule has 0 saturated carbocycles. The molecule has 0 fully saturated rings. The van der Waals surface area contributed by atoms with E-state index in [2.05, 4.69) is 9.97 Å². The summed E-state index contributed by atoms with van der Waals surface area (Å²) in [6, 6.07) is 20.4. The Balaban J connectivity index is 1.37. The maximum atomic E-state index is 13.0. The number of pyridine rings is 1. The quantitative estimate of drug-likeness (QED) is 0.315. The third kappa shape index (κ3) is 4.36. The molecule has 0 aliphatic carbocycles. The highest BCUT2D eigenvalue weighted by Gasteiger charge is 2.17. The van der Waals surface area contributed by atoms with E-state index in [-0.39, 0.29) is 23.7 Å². The van der Waals surface area contributed by atoms with Gasteiger partial charge in [0.05, 0.1) is 5.56 Å². The zero-order chi connectivity index (χ0) is 23.7. The molecule has 3 aromatic carbocycles. The highest BCUT2D eigenvalue weighted by Crippen LogP contribution is 2.29. The van der Waals surface area contributed by atoms with Crippen molar-refractivity contribution >= 4 is 45.0 Å². The molecule has 0 bridgehead atoms. The van der Waals surface area contributed by atoms with Crippen molar-refractivity contribution in [1.82, 2.24) is 9.97 Å². The number of hydrogen-bond donors (Lipinski definition) is 2. The molecule has 2 aromatic heterocycles. The van der Waals surface area contributed by atoms with E-state index in [4.69, 9.17) is 22.1 Å². The Kier molecular flexibility index (Phi) is 5.74. The first-order valence-corrected chi connectivity index (χ1v) is 11.0. The van der Waals surface area contributed by atoms with Gasteiger partial charge in [0.2, 0.25) is 5.78 Å². The number of hydrogen-bond acceptors (Lipinski definition) is 4. The van der Waals surface area contributed by atoms with Gasteiger partial charge in [-0.15, -0.1) is 0 Å². The number of amides is 1. The summed E-state index contributed by atoms with van der Waals surface area (Å²) in [4.78, 5) is 32.5. The van der Waals surface area contributed by atoms with Gasteiger partial charge in [-0.1, -0.05) is 35.9 Å². The Morgan fingerprint density at radius 3 is 2.65 bits per heavy atom. The van der Waals surface area contributed by atoms with Crippen LogP contribution in [0.2, 0.25) is 5.02 Å². The molecule has 168 valence electrons. The average Bonchev–Trinajstić information content (AvgIpc) is 3.26. The molecule has 3 N–H and O–H groups in total. The maximum Gasteiger partial charge on any atom is 0.252 e. The number of nitrogens with two attached hydrogens (primary N) is 1. The first-order chi connectivity index (χ1) is 16.5. The lowest BCUT2D eigenvalue weighted by molar-refractivity contribution is 0.0914. The van der Waals surface area contributed by atoms with Crippen molar-refractivity contribution in [3.05, 3.63) is 107 Å². The van der Waals surface area contributed by atoms with Crippen molar-refractivity contribution in [2.45, 2.75) is 6.42 Å². The van der Waals surface area contributed by atoms with E-state index in [9.17, 15) is 9.59 Å². The highest BCUT2D eigenvalue weighted by atomic mass is 35.5. The number of aromatic nitrogens is 2. The molecular formula is C27H20ClN3O3. The van der Waals surface area contributed by atoms with Crippen LogP contribution in [0.5, 0.6) is 5.75 Å². The van der Waals surface area contributed by atoms with Gasteiger partial charge in [0.15, 0.2) is 6.61 Å². The molecule has 0 unspecified atom stereocenters. The summed E-state index contributed by atoms with van der Waals surface area (Å²) in [5.41, 5.74) is 9.18. The van der Waals surface area contributed by atoms with Gasteiger partial charge in [-0.05, 0) is 58.8 Å². The average molecular weight is 470 g/mol. The second-order valence-electron chi connectivity index (χ2n) is 8.00. The fraction of sp³-hybridized carbons (Fsp3) is 0.0741. The van der Waals surface area contributed by atoms with Gasteiger partial charge in [0.25, 0.3) is 5.91 Å². The molecule has 1 amide bonds. The molecule has 5 rings (SSSR count). The van der Waals surface area contributed by atoms with Gasteiger partial charge < -0.3 is 15.5 Å². The number of halogens is 1. The van der Waals surface area contributed by atoms with Crippen LogP contribution in [-0.2, 0) is 6.42 Å². The van der Waals surface area contributed by atoms with Crippen LogP contribution < -0.4 is 10.5 Å². The fourth-order valence-electron chi connectivity index (χ4n) is 4.01. The highest BCUT2D eigenvalue weighted by molar-refractivity contribution is 6.31. The second-order valence-corrected chi connectivity index (χ2v) is 8.43. The van der Waals surface area contributed by atoms with Crippen LogP contribution in [0.4, 0.5) is 0 Å². The van der Waals surface area contributed by atoms with Crippen molar-refractivity contribution in [2.24, 2.45) is 5.73 Å². The lowest BCUT2D eigenvalue weighted by Gasteiger charge is -2.11. The fourth-order valence-corrected chi connectivity index (χ4v) is 4.19. The van der Waals surface area contributed by atoms with Gasteiger partial charge >= 0.3 is 0 Å². The molecular weight excluding hydrogens is 450 g/mol. The van der Waals surface area contributed by atoms with E-state index in [1.807, 2.05) is 42.5 Å². The van der Waals surface area contributed by atoms with E-state index in [0.29, 0.717) is 17.0 Å². The number of carbonyl (C=O) groups is 2. The SMILES string of the molecule is NC(=O)c1cc2cc(Cl)ccc2cc1OCC(=O)c1c[nH]c2cc(Cc3ccccn3)ccc12. The van der Waals surface area contributed by atoms with Crippen molar-refractivity contribution < 1.29 is 14.3 Å². The molecule has 7 heteroatoms. The summed E-state index contributed by atoms with van der Waals surface area (Å²) in [5.74, 6) is -0.597. The number of nitrogens with zero attached hydrogens (tertiary/aromatic N) is 1. The number of Topliss-reactive ketones (excluding diaryl/α,β-unsaturated/α-hetero) is 1. The van der Waals surface area contributed by atoms with Crippen LogP contribution in [0.15, 0.2) is 79.1 Å². The minimum Gasteiger partial charge on any atom is -0.485 e. The number of benzene rings is 3. The molecule has 0 aliphatic heterocycles. The Morgan fingerprint density at radius 2 is 1.85 bits per heavy atom. The predicted octanol–water partition coefficient (Wildman–Crippen LogP) is 5.32. The monoisotopic (exact) mass is 469 g/mol. The van der Waals surface area contributed by atoms with Crippen LogP contribution >= 0.6 is 11.6 Å². The van der Waals surface area contributed by atoms with Crippen LogP contribution in [0.25, 0.3) is 21.7 Å². The topological polar surface area (TPSA) is 98.1 Å². The van der Waals surface area contributed by atoms with E-state index < -0.39 is 5.91 Å². The number of H-pyrrole nitrogens is 1. The third-order valence-corrected chi connectivity index (χ3v) is 5.92. The lowest BCUT2D eigenvalue weighted by atomic mass is 10.0. The van der Waals surface area contributed by atoms with E-state index in [1.54, 1.807) is 36.7 Å². The largest absolute Gasteiger partial charge is 0.485 e. The Bertz CT molecular complexity index is 1540. The summed E-state index contributed by atoms with van der Waals surface area (Å²) < 4.78 is 5.77. The number of rotatable bonds is 7. The summed E-state index contributed by atoms with van der Waals surface area (Å²) in [7, 11) is 0. The first-order valence-electron chi connectivity index (χ1n) is 10.7. The number of aromatic amines is 1. The predicted molar refractivity (Wildman–Crippen MR) is 133 cm³/mol. The molecule has 5 aromatic rings. The summed E-state index contributed by atoms with van der Waals surface area (Å²) in [6.45, 7) is -0.234. The number of ketones is 1.